The smallest absolute Gasteiger partial charge is 0.167 e. The van der Waals surface area contributed by atoms with Crippen LogP contribution in [0.4, 0.5) is 0 Å². The quantitative estimate of drug-likeness (QED) is 0.860. The zero-order valence-corrected chi connectivity index (χ0v) is 11.5. The molecule has 3 rings (SSSR count). The number of benzene rings is 2. The van der Waals surface area contributed by atoms with Gasteiger partial charge in [-0.25, -0.2) is 0 Å². The number of hydrogen-bond acceptors (Lipinski definition) is 2. The van der Waals surface area contributed by atoms with Crippen molar-refractivity contribution >= 4 is 5.78 Å². The fourth-order valence-electron chi connectivity index (χ4n) is 2.72. The highest BCUT2D eigenvalue weighted by molar-refractivity contribution is 5.97. The number of hydrogen-bond donors (Lipinski definition) is 1. The molecular formula is C18H19NO. The monoisotopic (exact) mass is 265 g/mol. The van der Waals surface area contributed by atoms with Gasteiger partial charge in [0.05, 0.1) is 0 Å². The molecule has 1 fully saturated rings. The van der Waals surface area contributed by atoms with E-state index in [0.29, 0.717) is 6.42 Å². The Morgan fingerprint density at radius 3 is 2.20 bits per heavy atom. The first-order valence-electron chi connectivity index (χ1n) is 7.14. The van der Waals surface area contributed by atoms with Crippen LogP contribution in [0.15, 0.2) is 54.6 Å². The molecule has 1 aliphatic rings. The van der Waals surface area contributed by atoms with Gasteiger partial charge in [0.2, 0.25) is 0 Å². The number of carbonyl (C=O) groups excluding carboxylic acids is 1. The third-order valence-corrected chi connectivity index (χ3v) is 4.24. The molecule has 0 spiro atoms. The highest BCUT2D eigenvalue weighted by Crippen LogP contribution is 2.38. The summed E-state index contributed by atoms with van der Waals surface area (Å²) in [6, 6.07) is 17.7. The molecule has 2 aromatic rings. The summed E-state index contributed by atoms with van der Waals surface area (Å²) in [7, 11) is 0. The number of nitrogens with two attached hydrogens (primary N) is 1. The van der Waals surface area contributed by atoms with Crippen LogP contribution in [-0.4, -0.2) is 5.78 Å². The topological polar surface area (TPSA) is 43.1 Å². The largest absolute Gasteiger partial charge is 0.321 e. The van der Waals surface area contributed by atoms with E-state index in [4.69, 9.17) is 5.73 Å². The Morgan fingerprint density at radius 2 is 1.65 bits per heavy atom. The third-order valence-electron chi connectivity index (χ3n) is 4.24. The van der Waals surface area contributed by atoms with Crippen LogP contribution in [-0.2, 0) is 12.0 Å². The van der Waals surface area contributed by atoms with E-state index in [1.807, 2.05) is 54.6 Å². The number of Topliss-reactive ketones (excluding diaryl/α,β-unsaturated/α-hetero) is 1. The minimum atomic E-state index is -0.152. The Morgan fingerprint density at radius 1 is 1.00 bits per heavy atom. The average Bonchev–Trinajstić information content (AvgIpc) is 2.46. The zero-order valence-electron chi connectivity index (χ0n) is 11.5. The predicted molar refractivity (Wildman–Crippen MR) is 80.6 cm³/mol. The molecule has 102 valence electrons. The Kier molecular flexibility index (Phi) is 3.41. The summed E-state index contributed by atoms with van der Waals surface area (Å²) in [6.07, 6.45) is 3.74. The van der Waals surface area contributed by atoms with Gasteiger partial charge in [0.25, 0.3) is 0 Å². The molecule has 0 saturated heterocycles. The summed E-state index contributed by atoms with van der Waals surface area (Å²) >= 11 is 0. The Bertz CT molecular complexity index is 597. The van der Waals surface area contributed by atoms with E-state index in [9.17, 15) is 4.79 Å². The minimum absolute atomic E-state index is 0.152. The lowest BCUT2D eigenvalue weighted by atomic mass is 9.72. The first-order chi connectivity index (χ1) is 9.67. The van der Waals surface area contributed by atoms with Crippen LogP contribution in [0.5, 0.6) is 0 Å². The number of ketones is 1. The van der Waals surface area contributed by atoms with E-state index < -0.39 is 0 Å². The maximum atomic E-state index is 12.2. The van der Waals surface area contributed by atoms with Crippen LogP contribution < -0.4 is 5.73 Å². The Hall–Kier alpha value is -1.93. The van der Waals surface area contributed by atoms with Gasteiger partial charge in [0, 0.05) is 17.5 Å². The molecule has 1 aliphatic carbocycles. The van der Waals surface area contributed by atoms with Crippen molar-refractivity contribution in [1.82, 2.24) is 0 Å². The molecule has 2 nitrogen and oxygen atoms in total. The standard InChI is InChI=1S/C18H19NO/c19-18(11-4-12-18)16-9-7-15(8-10-16)17(20)13-14-5-2-1-3-6-14/h1-3,5-10H,4,11-13,19H2. The van der Waals surface area contributed by atoms with Crippen molar-refractivity contribution in [3.8, 4) is 0 Å². The molecule has 2 heteroatoms. The molecule has 0 radical (unpaired) electrons. The van der Waals surface area contributed by atoms with Gasteiger partial charge in [-0.15, -0.1) is 0 Å². The normalized spacial score (nSPS) is 16.4. The second kappa shape index (κ2) is 5.22. The molecule has 0 heterocycles. The minimum Gasteiger partial charge on any atom is -0.321 e. The molecule has 2 aromatic carbocycles. The second-order valence-corrected chi connectivity index (χ2v) is 5.67. The van der Waals surface area contributed by atoms with Gasteiger partial charge in [-0.3, -0.25) is 4.79 Å². The van der Waals surface area contributed by atoms with Crippen LogP contribution in [0.1, 0.15) is 40.7 Å². The summed E-state index contributed by atoms with van der Waals surface area (Å²) in [5.41, 5.74) is 9.11. The second-order valence-electron chi connectivity index (χ2n) is 5.67. The molecule has 0 atom stereocenters. The molecule has 2 N–H and O–H groups in total. The van der Waals surface area contributed by atoms with Crippen molar-refractivity contribution in [3.63, 3.8) is 0 Å². The van der Waals surface area contributed by atoms with Gasteiger partial charge in [0.15, 0.2) is 5.78 Å². The molecule has 20 heavy (non-hydrogen) atoms. The van der Waals surface area contributed by atoms with Gasteiger partial charge >= 0.3 is 0 Å². The van der Waals surface area contributed by atoms with Crippen molar-refractivity contribution < 1.29 is 4.79 Å². The van der Waals surface area contributed by atoms with Crippen LogP contribution in [0.25, 0.3) is 0 Å². The van der Waals surface area contributed by atoms with E-state index >= 15 is 0 Å². The molecule has 0 bridgehead atoms. The lowest BCUT2D eigenvalue weighted by Crippen LogP contribution is -2.43. The first kappa shape index (κ1) is 13.1. The maximum Gasteiger partial charge on any atom is 0.167 e. The summed E-state index contributed by atoms with van der Waals surface area (Å²) in [6.45, 7) is 0. The third kappa shape index (κ3) is 2.52. The molecule has 0 aromatic heterocycles. The van der Waals surface area contributed by atoms with Crippen molar-refractivity contribution in [2.45, 2.75) is 31.2 Å². The molecule has 1 saturated carbocycles. The van der Waals surface area contributed by atoms with Crippen LogP contribution in [0.2, 0.25) is 0 Å². The fraction of sp³-hybridized carbons (Fsp3) is 0.278. The Labute approximate surface area is 119 Å². The summed E-state index contributed by atoms with van der Waals surface area (Å²) in [4.78, 5) is 12.2. The van der Waals surface area contributed by atoms with Gasteiger partial charge < -0.3 is 5.73 Å². The van der Waals surface area contributed by atoms with Gasteiger partial charge in [-0.2, -0.15) is 0 Å². The summed E-state index contributed by atoms with van der Waals surface area (Å²) in [5.74, 6) is 0.155. The summed E-state index contributed by atoms with van der Waals surface area (Å²) in [5, 5.41) is 0. The highest BCUT2D eigenvalue weighted by Gasteiger charge is 2.34. The molecule has 0 amide bonds. The highest BCUT2D eigenvalue weighted by atomic mass is 16.1. The van der Waals surface area contributed by atoms with Crippen molar-refractivity contribution in [2.24, 2.45) is 5.73 Å². The average molecular weight is 265 g/mol. The van der Waals surface area contributed by atoms with E-state index in [2.05, 4.69) is 0 Å². The number of rotatable bonds is 4. The van der Waals surface area contributed by atoms with Crippen LogP contribution >= 0.6 is 0 Å². The molecule has 0 aliphatic heterocycles. The van der Waals surface area contributed by atoms with Gasteiger partial charge in [-0.1, -0.05) is 54.6 Å². The van der Waals surface area contributed by atoms with Crippen molar-refractivity contribution in [3.05, 3.63) is 71.3 Å². The Balaban J connectivity index is 1.73. The van der Waals surface area contributed by atoms with E-state index in [0.717, 1.165) is 29.5 Å². The lowest BCUT2D eigenvalue weighted by molar-refractivity contribution is 0.0993. The fourth-order valence-corrected chi connectivity index (χ4v) is 2.72. The number of carbonyl (C=O) groups is 1. The predicted octanol–water partition coefficient (Wildman–Crippen LogP) is 3.45. The van der Waals surface area contributed by atoms with Gasteiger partial charge in [-0.05, 0) is 30.4 Å². The first-order valence-corrected chi connectivity index (χ1v) is 7.14. The van der Waals surface area contributed by atoms with Crippen molar-refractivity contribution in [2.75, 3.05) is 0 Å². The van der Waals surface area contributed by atoms with Gasteiger partial charge in [0.1, 0.15) is 0 Å². The zero-order chi connectivity index (χ0) is 14.0. The van der Waals surface area contributed by atoms with E-state index in [1.54, 1.807) is 0 Å². The van der Waals surface area contributed by atoms with E-state index in [1.165, 1.54) is 6.42 Å². The molecule has 0 unspecified atom stereocenters. The van der Waals surface area contributed by atoms with Crippen LogP contribution in [0.3, 0.4) is 0 Å². The van der Waals surface area contributed by atoms with Crippen molar-refractivity contribution in [1.29, 1.82) is 0 Å². The van der Waals surface area contributed by atoms with Crippen LogP contribution in [0, 0.1) is 0 Å². The lowest BCUT2D eigenvalue weighted by Gasteiger charge is -2.38. The van der Waals surface area contributed by atoms with E-state index in [-0.39, 0.29) is 11.3 Å². The SMILES string of the molecule is NC1(c2ccc(C(=O)Cc3ccccc3)cc2)CCC1. The maximum absolute atomic E-state index is 12.2. The summed E-state index contributed by atoms with van der Waals surface area (Å²) < 4.78 is 0. The molecular weight excluding hydrogens is 246 g/mol.